The molecule has 0 spiro atoms. The van der Waals surface area contributed by atoms with Crippen LogP contribution >= 0.6 is 11.8 Å². The molecule has 2 unspecified atom stereocenters. The second-order valence-corrected chi connectivity index (χ2v) is 3.93. The van der Waals surface area contributed by atoms with Crippen LogP contribution in [0.3, 0.4) is 0 Å². The third-order valence-corrected chi connectivity index (χ3v) is 3.05. The van der Waals surface area contributed by atoms with Crippen LogP contribution in [0.25, 0.3) is 0 Å². The van der Waals surface area contributed by atoms with E-state index in [9.17, 15) is 0 Å². The summed E-state index contributed by atoms with van der Waals surface area (Å²) in [4.78, 5) is 0. The van der Waals surface area contributed by atoms with Gasteiger partial charge in [0.15, 0.2) is 0 Å². The molecule has 1 rings (SSSR count). The third kappa shape index (κ3) is 2.18. The molecule has 0 saturated carbocycles. The van der Waals surface area contributed by atoms with Gasteiger partial charge in [0.05, 0.1) is 5.37 Å². The van der Waals surface area contributed by atoms with Gasteiger partial charge in [-0.15, -0.1) is 11.8 Å². The molecule has 1 fully saturated rings. The first-order valence-corrected chi connectivity index (χ1v) is 4.75. The average molecular weight is 145 g/mol. The fourth-order valence-electron chi connectivity index (χ4n) is 1.07. The van der Waals surface area contributed by atoms with E-state index < -0.39 is 0 Å². The van der Waals surface area contributed by atoms with E-state index in [-0.39, 0.29) is 0 Å². The molecule has 0 aromatic carbocycles. The minimum atomic E-state index is 0.730. The Balaban J connectivity index is 2.23. The molecule has 2 heteroatoms. The molecule has 0 aliphatic carbocycles. The lowest BCUT2D eigenvalue weighted by Gasteiger charge is -2.27. The van der Waals surface area contributed by atoms with Gasteiger partial charge in [-0.2, -0.15) is 0 Å². The number of hydrogen-bond donors (Lipinski definition) is 1. The fraction of sp³-hybridized carbons (Fsp3) is 1.00. The lowest BCUT2D eigenvalue weighted by Crippen LogP contribution is -2.38. The summed E-state index contributed by atoms with van der Waals surface area (Å²) in [5.41, 5.74) is 0. The standard InChI is InChI=1S/C7H15NS/c1-3-7-8-6(2)4-5-9-7/h6-8H,3-5H2,1-2H3. The van der Waals surface area contributed by atoms with Crippen LogP contribution < -0.4 is 5.32 Å². The molecule has 0 amide bonds. The van der Waals surface area contributed by atoms with Crippen molar-refractivity contribution in [3.8, 4) is 0 Å². The van der Waals surface area contributed by atoms with E-state index in [1.54, 1.807) is 0 Å². The van der Waals surface area contributed by atoms with Crippen molar-refractivity contribution in [2.45, 2.75) is 38.1 Å². The number of hydrogen-bond acceptors (Lipinski definition) is 2. The summed E-state index contributed by atoms with van der Waals surface area (Å²) in [6.45, 7) is 4.51. The first kappa shape index (κ1) is 7.42. The van der Waals surface area contributed by atoms with E-state index in [2.05, 4.69) is 30.9 Å². The van der Waals surface area contributed by atoms with Gasteiger partial charge in [-0.05, 0) is 25.5 Å². The second kappa shape index (κ2) is 3.47. The SMILES string of the molecule is CCC1NC(C)CCS1. The van der Waals surface area contributed by atoms with E-state index in [1.165, 1.54) is 18.6 Å². The lowest BCUT2D eigenvalue weighted by molar-refractivity contribution is 0.495. The van der Waals surface area contributed by atoms with Gasteiger partial charge in [0.2, 0.25) is 0 Å². The Morgan fingerprint density at radius 2 is 2.44 bits per heavy atom. The minimum Gasteiger partial charge on any atom is -0.303 e. The zero-order chi connectivity index (χ0) is 6.69. The van der Waals surface area contributed by atoms with Crippen molar-refractivity contribution in [2.75, 3.05) is 5.75 Å². The van der Waals surface area contributed by atoms with Crippen molar-refractivity contribution < 1.29 is 0 Å². The number of thioether (sulfide) groups is 1. The van der Waals surface area contributed by atoms with Crippen LogP contribution in [0.15, 0.2) is 0 Å². The smallest absolute Gasteiger partial charge is 0.0531 e. The monoisotopic (exact) mass is 145 g/mol. The molecule has 0 bridgehead atoms. The minimum absolute atomic E-state index is 0.730. The molecule has 1 saturated heterocycles. The summed E-state index contributed by atoms with van der Waals surface area (Å²) in [7, 11) is 0. The van der Waals surface area contributed by atoms with Crippen LogP contribution in [0, 0.1) is 0 Å². The fourth-order valence-corrected chi connectivity index (χ4v) is 2.41. The first-order chi connectivity index (χ1) is 4.33. The topological polar surface area (TPSA) is 12.0 Å². The van der Waals surface area contributed by atoms with Crippen molar-refractivity contribution in [3.05, 3.63) is 0 Å². The van der Waals surface area contributed by atoms with E-state index in [1.807, 2.05) is 0 Å². The highest BCUT2D eigenvalue weighted by Gasteiger charge is 2.15. The van der Waals surface area contributed by atoms with Gasteiger partial charge in [0.25, 0.3) is 0 Å². The highest BCUT2D eigenvalue weighted by molar-refractivity contribution is 7.99. The Labute approximate surface area is 61.6 Å². The van der Waals surface area contributed by atoms with Gasteiger partial charge >= 0.3 is 0 Å². The zero-order valence-corrected chi connectivity index (χ0v) is 7.00. The van der Waals surface area contributed by atoms with Crippen molar-refractivity contribution in [1.29, 1.82) is 0 Å². The molecule has 1 aliphatic heterocycles. The van der Waals surface area contributed by atoms with Gasteiger partial charge in [-0.1, -0.05) is 6.92 Å². The van der Waals surface area contributed by atoms with Gasteiger partial charge in [-0.25, -0.2) is 0 Å². The highest BCUT2D eigenvalue weighted by Crippen LogP contribution is 2.19. The first-order valence-electron chi connectivity index (χ1n) is 3.70. The quantitative estimate of drug-likeness (QED) is 0.604. The Bertz CT molecular complexity index is 85.0. The average Bonchev–Trinajstić information content (AvgIpc) is 1.88. The van der Waals surface area contributed by atoms with E-state index in [0.29, 0.717) is 0 Å². The molecule has 0 aromatic heterocycles. The van der Waals surface area contributed by atoms with Crippen molar-refractivity contribution in [2.24, 2.45) is 0 Å². The summed E-state index contributed by atoms with van der Waals surface area (Å²) in [5, 5.41) is 4.26. The molecular formula is C7H15NS. The van der Waals surface area contributed by atoms with Crippen molar-refractivity contribution >= 4 is 11.8 Å². The maximum atomic E-state index is 3.53. The van der Waals surface area contributed by atoms with E-state index in [0.717, 1.165) is 11.4 Å². The molecule has 0 radical (unpaired) electrons. The second-order valence-electron chi connectivity index (χ2n) is 2.62. The highest BCUT2D eigenvalue weighted by atomic mass is 32.2. The van der Waals surface area contributed by atoms with Gasteiger partial charge < -0.3 is 5.32 Å². The Hall–Kier alpha value is 0.310. The summed E-state index contributed by atoms with van der Waals surface area (Å²) in [6, 6.07) is 0.746. The zero-order valence-electron chi connectivity index (χ0n) is 6.18. The summed E-state index contributed by atoms with van der Waals surface area (Å²) >= 11 is 2.06. The van der Waals surface area contributed by atoms with Crippen LogP contribution in [0.4, 0.5) is 0 Å². The van der Waals surface area contributed by atoms with Crippen LogP contribution in [0.5, 0.6) is 0 Å². The molecular weight excluding hydrogens is 130 g/mol. The van der Waals surface area contributed by atoms with Gasteiger partial charge in [-0.3, -0.25) is 0 Å². The number of rotatable bonds is 1. The summed E-state index contributed by atoms with van der Waals surface area (Å²) in [5.74, 6) is 1.34. The van der Waals surface area contributed by atoms with Crippen LogP contribution in [-0.2, 0) is 0 Å². The van der Waals surface area contributed by atoms with Crippen LogP contribution in [0.1, 0.15) is 26.7 Å². The predicted octanol–water partition coefficient (Wildman–Crippen LogP) is 1.84. The summed E-state index contributed by atoms with van der Waals surface area (Å²) < 4.78 is 0. The molecule has 0 aromatic rings. The molecule has 54 valence electrons. The molecule has 9 heavy (non-hydrogen) atoms. The van der Waals surface area contributed by atoms with E-state index >= 15 is 0 Å². The Morgan fingerprint density at radius 3 is 2.89 bits per heavy atom. The Morgan fingerprint density at radius 1 is 1.67 bits per heavy atom. The maximum absolute atomic E-state index is 3.53. The molecule has 1 heterocycles. The van der Waals surface area contributed by atoms with Gasteiger partial charge in [0.1, 0.15) is 0 Å². The third-order valence-electron chi connectivity index (χ3n) is 1.71. The van der Waals surface area contributed by atoms with E-state index in [4.69, 9.17) is 0 Å². The normalized spacial score (nSPS) is 36.7. The molecule has 2 atom stereocenters. The maximum Gasteiger partial charge on any atom is 0.0531 e. The van der Waals surface area contributed by atoms with Crippen molar-refractivity contribution in [1.82, 2.24) is 5.32 Å². The molecule has 1 aliphatic rings. The predicted molar refractivity (Wildman–Crippen MR) is 43.8 cm³/mol. The van der Waals surface area contributed by atoms with Crippen LogP contribution in [0.2, 0.25) is 0 Å². The van der Waals surface area contributed by atoms with Crippen molar-refractivity contribution in [3.63, 3.8) is 0 Å². The number of nitrogens with one attached hydrogen (secondary N) is 1. The Kier molecular flexibility index (Phi) is 2.86. The molecule has 1 nitrogen and oxygen atoms in total. The van der Waals surface area contributed by atoms with Gasteiger partial charge in [0, 0.05) is 6.04 Å². The largest absolute Gasteiger partial charge is 0.303 e. The lowest BCUT2D eigenvalue weighted by atomic mass is 10.2. The molecule has 1 N–H and O–H groups in total. The summed E-state index contributed by atoms with van der Waals surface area (Å²) in [6.07, 6.45) is 2.59. The van der Waals surface area contributed by atoms with Crippen LogP contribution in [-0.4, -0.2) is 17.2 Å².